The molecule has 0 aliphatic carbocycles. The highest BCUT2D eigenvalue weighted by Crippen LogP contribution is 2.29. The second kappa shape index (κ2) is 6.78. The Morgan fingerprint density at radius 1 is 1.33 bits per heavy atom. The molecule has 7 heteroatoms. The van der Waals surface area contributed by atoms with E-state index < -0.39 is 5.82 Å². The van der Waals surface area contributed by atoms with Crippen LogP contribution in [0.2, 0.25) is 5.02 Å². The first kappa shape index (κ1) is 15.6. The molecule has 2 aromatic rings. The molecular formula is C14H11BrClFN2O2. The first-order valence-corrected chi connectivity index (χ1v) is 7.02. The molecule has 4 nitrogen and oxygen atoms in total. The molecule has 0 saturated heterocycles. The number of nitrogens with two attached hydrogens (primary N) is 1. The third-order valence-corrected chi connectivity index (χ3v) is 3.54. The predicted molar refractivity (Wildman–Crippen MR) is 82.4 cm³/mol. The summed E-state index contributed by atoms with van der Waals surface area (Å²) < 4.78 is 19.7. The van der Waals surface area contributed by atoms with Gasteiger partial charge < -0.3 is 15.7 Å². The number of nitrogens with zero attached hydrogens (tertiary/aromatic N) is 1. The summed E-state index contributed by atoms with van der Waals surface area (Å²) in [5, 5.41) is 12.1. The summed E-state index contributed by atoms with van der Waals surface area (Å²) >= 11 is 9.34. The van der Waals surface area contributed by atoms with Crippen molar-refractivity contribution >= 4 is 33.4 Å². The van der Waals surface area contributed by atoms with Gasteiger partial charge in [0.25, 0.3) is 0 Å². The van der Waals surface area contributed by atoms with Crippen LogP contribution in [0.3, 0.4) is 0 Å². The molecule has 0 aliphatic rings. The van der Waals surface area contributed by atoms with E-state index in [4.69, 9.17) is 27.3 Å². The zero-order valence-corrected chi connectivity index (χ0v) is 13.0. The number of amidine groups is 1. The Hall–Kier alpha value is -1.79. The molecule has 0 aromatic heterocycles. The van der Waals surface area contributed by atoms with Crippen molar-refractivity contribution in [3.8, 4) is 5.75 Å². The first-order valence-electron chi connectivity index (χ1n) is 5.85. The monoisotopic (exact) mass is 372 g/mol. The second-order valence-electron chi connectivity index (χ2n) is 4.15. The van der Waals surface area contributed by atoms with Gasteiger partial charge >= 0.3 is 0 Å². The minimum absolute atomic E-state index is 0.0992. The average Bonchev–Trinajstić information content (AvgIpc) is 2.48. The summed E-state index contributed by atoms with van der Waals surface area (Å²) in [5.41, 5.74) is 6.37. The summed E-state index contributed by atoms with van der Waals surface area (Å²) in [4.78, 5) is 0. The lowest BCUT2D eigenvalue weighted by molar-refractivity contribution is 0.305. The standard InChI is InChI=1S/C14H11BrClFN2O2/c15-9-2-4-12(16)13(5-9)21-7-8-1-3-10(17)6-11(8)14(18)19-20/h1-6,20H,7H2,(H2,18,19). The van der Waals surface area contributed by atoms with Crippen LogP contribution >= 0.6 is 27.5 Å². The van der Waals surface area contributed by atoms with E-state index in [-0.39, 0.29) is 18.0 Å². The Morgan fingerprint density at radius 2 is 2.10 bits per heavy atom. The number of halogens is 3. The van der Waals surface area contributed by atoms with Gasteiger partial charge in [0.2, 0.25) is 0 Å². The largest absolute Gasteiger partial charge is 0.487 e. The van der Waals surface area contributed by atoms with Gasteiger partial charge in [-0.1, -0.05) is 38.8 Å². The molecule has 0 fully saturated rings. The molecule has 0 amide bonds. The molecule has 110 valence electrons. The molecule has 0 radical (unpaired) electrons. The van der Waals surface area contributed by atoms with Gasteiger partial charge in [-0.15, -0.1) is 0 Å². The molecule has 0 saturated carbocycles. The van der Waals surface area contributed by atoms with E-state index >= 15 is 0 Å². The van der Waals surface area contributed by atoms with E-state index in [1.54, 1.807) is 18.2 Å². The van der Waals surface area contributed by atoms with E-state index in [9.17, 15) is 4.39 Å². The zero-order chi connectivity index (χ0) is 15.4. The van der Waals surface area contributed by atoms with E-state index in [1.165, 1.54) is 18.2 Å². The summed E-state index contributed by atoms with van der Waals surface area (Å²) in [5.74, 6) is -0.199. The van der Waals surface area contributed by atoms with Gasteiger partial charge in [-0.2, -0.15) is 0 Å². The summed E-state index contributed by atoms with van der Waals surface area (Å²) in [7, 11) is 0. The van der Waals surface area contributed by atoms with Crippen LogP contribution in [0.1, 0.15) is 11.1 Å². The quantitative estimate of drug-likeness (QED) is 0.369. The maximum atomic E-state index is 13.3. The van der Waals surface area contributed by atoms with Gasteiger partial charge in [0.1, 0.15) is 18.2 Å². The van der Waals surface area contributed by atoms with Crippen LogP contribution in [0.15, 0.2) is 46.0 Å². The topological polar surface area (TPSA) is 67.8 Å². The minimum Gasteiger partial charge on any atom is -0.487 e. The van der Waals surface area contributed by atoms with Gasteiger partial charge in [-0.3, -0.25) is 0 Å². The number of benzene rings is 2. The predicted octanol–water partition coefficient (Wildman–Crippen LogP) is 3.92. The fourth-order valence-electron chi connectivity index (χ4n) is 1.71. The number of ether oxygens (including phenoxy) is 1. The molecular weight excluding hydrogens is 363 g/mol. The Kier molecular flexibility index (Phi) is 5.03. The highest BCUT2D eigenvalue weighted by atomic mass is 79.9. The fraction of sp³-hybridized carbons (Fsp3) is 0.0714. The molecule has 0 aliphatic heterocycles. The average molecular weight is 374 g/mol. The van der Waals surface area contributed by atoms with Gasteiger partial charge in [-0.25, -0.2) is 4.39 Å². The van der Waals surface area contributed by atoms with E-state index in [0.29, 0.717) is 16.3 Å². The van der Waals surface area contributed by atoms with Gasteiger partial charge in [0, 0.05) is 15.6 Å². The van der Waals surface area contributed by atoms with Crippen molar-refractivity contribution in [3.05, 3.63) is 62.8 Å². The Morgan fingerprint density at radius 3 is 2.81 bits per heavy atom. The van der Waals surface area contributed by atoms with Crippen molar-refractivity contribution in [2.75, 3.05) is 0 Å². The third kappa shape index (κ3) is 3.86. The Balaban J connectivity index is 2.26. The lowest BCUT2D eigenvalue weighted by Gasteiger charge is -2.11. The maximum absolute atomic E-state index is 13.3. The van der Waals surface area contributed by atoms with Crippen LogP contribution in [0.4, 0.5) is 4.39 Å². The van der Waals surface area contributed by atoms with Crippen LogP contribution in [-0.4, -0.2) is 11.0 Å². The van der Waals surface area contributed by atoms with Crippen molar-refractivity contribution in [1.29, 1.82) is 0 Å². The Bertz CT molecular complexity index is 695. The fourth-order valence-corrected chi connectivity index (χ4v) is 2.22. The Labute approximate surface area is 134 Å². The van der Waals surface area contributed by atoms with Gasteiger partial charge in [-0.05, 0) is 30.3 Å². The first-order chi connectivity index (χ1) is 10.0. The molecule has 0 spiro atoms. The molecule has 2 aromatic carbocycles. The van der Waals surface area contributed by atoms with E-state index in [0.717, 1.165) is 4.47 Å². The summed E-state index contributed by atoms with van der Waals surface area (Å²) in [6, 6.07) is 9.15. The third-order valence-electron chi connectivity index (χ3n) is 2.73. The molecule has 21 heavy (non-hydrogen) atoms. The smallest absolute Gasteiger partial charge is 0.170 e. The maximum Gasteiger partial charge on any atom is 0.170 e. The number of rotatable bonds is 4. The van der Waals surface area contributed by atoms with Crippen LogP contribution in [0.25, 0.3) is 0 Å². The number of hydrogen-bond donors (Lipinski definition) is 2. The molecule has 0 atom stereocenters. The summed E-state index contributed by atoms with van der Waals surface area (Å²) in [6.45, 7) is 0.0992. The SMILES string of the molecule is NC(=NO)c1cc(F)ccc1COc1cc(Br)ccc1Cl. The summed E-state index contributed by atoms with van der Waals surface area (Å²) in [6.07, 6.45) is 0. The normalized spacial score (nSPS) is 11.5. The molecule has 0 unspecified atom stereocenters. The van der Waals surface area contributed by atoms with Crippen molar-refractivity contribution < 1.29 is 14.3 Å². The second-order valence-corrected chi connectivity index (χ2v) is 5.47. The lowest BCUT2D eigenvalue weighted by atomic mass is 10.1. The van der Waals surface area contributed by atoms with Gasteiger partial charge in [0.15, 0.2) is 5.84 Å². The van der Waals surface area contributed by atoms with E-state index in [2.05, 4.69) is 21.1 Å². The van der Waals surface area contributed by atoms with Gasteiger partial charge in [0.05, 0.1) is 5.02 Å². The van der Waals surface area contributed by atoms with Crippen LogP contribution in [-0.2, 0) is 6.61 Å². The minimum atomic E-state index is -0.485. The van der Waals surface area contributed by atoms with Crippen molar-refractivity contribution in [2.45, 2.75) is 6.61 Å². The molecule has 0 bridgehead atoms. The van der Waals surface area contributed by atoms with E-state index in [1.807, 2.05) is 0 Å². The number of hydrogen-bond acceptors (Lipinski definition) is 3. The van der Waals surface area contributed by atoms with Crippen molar-refractivity contribution in [2.24, 2.45) is 10.9 Å². The van der Waals surface area contributed by atoms with Crippen LogP contribution in [0.5, 0.6) is 5.75 Å². The van der Waals surface area contributed by atoms with Crippen LogP contribution < -0.4 is 10.5 Å². The molecule has 2 rings (SSSR count). The van der Waals surface area contributed by atoms with Crippen molar-refractivity contribution in [1.82, 2.24) is 0 Å². The highest BCUT2D eigenvalue weighted by molar-refractivity contribution is 9.10. The number of oxime groups is 1. The van der Waals surface area contributed by atoms with Crippen molar-refractivity contribution in [3.63, 3.8) is 0 Å². The molecule has 0 heterocycles. The lowest BCUT2D eigenvalue weighted by Crippen LogP contribution is -2.17. The highest BCUT2D eigenvalue weighted by Gasteiger charge is 2.10. The zero-order valence-electron chi connectivity index (χ0n) is 10.7. The van der Waals surface area contributed by atoms with Crippen LogP contribution in [0, 0.1) is 5.82 Å². The molecule has 3 N–H and O–H groups in total.